The fraction of sp³-hybridized carbons (Fsp3) is 0.308. The van der Waals surface area contributed by atoms with Crippen LogP contribution in [0.15, 0.2) is 30.9 Å². The van der Waals surface area contributed by atoms with E-state index in [-0.39, 0.29) is 11.7 Å². The summed E-state index contributed by atoms with van der Waals surface area (Å²) >= 11 is 0. The normalized spacial score (nSPS) is 18.1. The van der Waals surface area contributed by atoms with Gasteiger partial charge in [-0.15, -0.1) is 0 Å². The van der Waals surface area contributed by atoms with E-state index >= 15 is 0 Å². The number of fused-ring (bicyclic) bond motifs is 1. The molecule has 86 valence electrons. The van der Waals surface area contributed by atoms with Gasteiger partial charge in [0.05, 0.1) is 17.9 Å². The maximum atomic E-state index is 12.3. The van der Waals surface area contributed by atoms with Gasteiger partial charge in [-0.25, -0.2) is 4.98 Å². The average molecular weight is 227 g/mol. The van der Waals surface area contributed by atoms with Crippen LogP contribution in [0.5, 0.6) is 0 Å². The van der Waals surface area contributed by atoms with Crippen LogP contribution in [0.1, 0.15) is 34.1 Å². The molecule has 1 aliphatic carbocycles. The van der Waals surface area contributed by atoms with Gasteiger partial charge in [-0.05, 0) is 24.5 Å². The third kappa shape index (κ3) is 1.65. The van der Waals surface area contributed by atoms with Crippen molar-refractivity contribution in [2.24, 2.45) is 7.05 Å². The van der Waals surface area contributed by atoms with Gasteiger partial charge < -0.3 is 4.57 Å². The lowest BCUT2D eigenvalue weighted by Gasteiger charge is -2.06. The van der Waals surface area contributed by atoms with Gasteiger partial charge in [0.2, 0.25) is 0 Å². The SMILES string of the molecule is Cn1cnc(C(=O)C2CCc3cccnc32)c1. The fourth-order valence-electron chi connectivity index (χ4n) is 2.39. The van der Waals surface area contributed by atoms with Crippen LogP contribution in [-0.2, 0) is 13.5 Å². The number of imidazole rings is 1. The molecule has 0 saturated carbocycles. The molecule has 1 unspecified atom stereocenters. The molecule has 0 amide bonds. The standard InChI is InChI=1S/C13H13N3O/c1-16-7-11(15-8-16)13(17)10-5-4-9-3-2-6-14-12(9)10/h2-3,6-8,10H,4-5H2,1H3. The highest BCUT2D eigenvalue weighted by Gasteiger charge is 2.31. The highest BCUT2D eigenvalue weighted by atomic mass is 16.1. The summed E-state index contributed by atoms with van der Waals surface area (Å²) in [5.74, 6) is -0.0239. The first-order valence-corrected chi connectivity index (χ1v) is 5.71. The van der Waals surface area contributed by atoms with Crippen LogP contribution in [0.25, 0.3) is 0 Å². The van der Waals surface area contributed by atoms with E-state index in [0.717, 1.165) is 18.5 Å². The topological polar surface area (TPSA) is 47.8 Å². The van der Waals surface area contributed by atoms with Gasteiger partial charge in [0.25, 0.3) is 0 Å². The van der Waals surface area contributed by atoms with Gasteiger partial charge in [0, 0.05) is 19.4 Å². The average Bonchev–Trinajstić information content (AvgIpc) is 2.94. The molecule has 0 fully saturated rings. The van der Waals surface area contributed by atoms with Crippen LogP contribution in [0, 0.1) is 0 Å². The number of aryl methyl sites for hydroxylation is 2. The summed E-state index contributed by atoms with van der Waals surface area (Å²) in [6.45, 7) is 0. The maximum Gasteiger partial charge on any atom is 0.191 e. The lowest BCUT2D eigenvalue weighted by Crippen LogP contribution is -2.11. The Morgan fingerprint density at radius 1 is 1.47 bits per heavy atom. The van der Waals surface area contributed by atoms with Crippen molar-refractivity contribution in [2.45, 2.75) is 18.8 Å². The second kappa shape index (κ2) is 3.80. The summed E-state index contributed by atoms with van der Waals surface area (Å²) in [6.07, 6.45) is 6.96. The van der Waals surface area contributed by atoms with Gasteiger partial charge in [0.15, 0.2) is 5.78 Å². The molecule has 1 atom stereocenters. The Bertz CT molecular complexity index is 574. The van der Waals surface area contributed by atoms with Gasteiger partial charge >= 0.3 is 0 Å². The Labute approximate surface area is 99.3 Å². The molecule has 2 aromatic heterocycles. The summed E-state index contributed by atoms with van der Waals surface area (Å²) in [5.41, 5.74) is 2.67. The number of ketones is 1. The number of carbonyl (C=O) groups is 1. The van der Waals surface area contributed by atoms with Crippen molar-refractivity contribution in [1.82, 2.24) is 14.5 Å². The Morgan fingerprint density at radius 3 is 3.12 bits per heavy atom. The van der Waals surface area contributed by atoms with Gasteiger partial charge in [0.1, 0.15) is 5.69 Å². The molecule has 0 radical (unpaired) electrons. The Kier molecular flexibility index (Phi) is 2.28. The van der Waals surface area contributed by atoms with Crippen LogP contribution in [0.2, 0.25) is 0 Å². The summed E-state index contributed by atoms with van der Waals surface area (Å²) in [7, 11) is 1.87. The number of rotatable bonds is 2. The zero-order chi connectivity index (χ0) is 11.8. The van der Waals surface area contributed by atoms with E-state index in [2.05, 4.69) is 9.97 Å². The van der Waals surface area contributed by atoms with Gasteiger partial charge in [-0.2, -0.15) is 0 Å². The molecule has 17 heavy (non-hydrogen) atoms. The molecule has 0 aliphatic heterocycles. The summed E-state index contributed by atoms with van der Waals surface area (Å²) < 4.78 is 1.79. The second-order valence-corrected chi connectivity index (χ2v) is 4.43. The quantitative estimate of drug-likeness (QED) is 0.734. The largest absolute Gasteiger partial charge is 0.340 e. The highest BCUT2D eigenvalue weighted by molar-refractivity contribution is 5.99. The predicted octanol–water partition coefficient (Wildman–Crippen LogP) is 1.73. The van der Waals surface area contributed by atoms with Crippen molar-refractivity contribution < 1.29 is 4.79 Å². The molecule has 0 N–H and O–H groups in total. The Hall–Kier alpha value is -1.97. The molecule has 0 spiro atoms. The van der Waals surface area contributed by atoms with Crippen LogP contribution in [-0.4, -0.2) is 20.3 Å². The van der Waals surface area contributed by atoms with E-state index in [0.29, 0.717) is 5.69 Å². The molecule has 4 heteroatoms. The maximum absolute atomic E-state index is 12.3. The minimum Gasteiger partial charge on any atom is -0.340 e. The lowest BCUT2D eigenvalue weighted by atomic mass is 9.99. The van der Waals surface area contributed by atoms with E-state index in [1.807, 2.05) is 19.2 Å². The Morgan fingerprint density at radius 2 is 2.35 bits per heavy atom. The molecular formula is C13H13N3O. The minimum atomic E-state index is -0.110. The molecule has 3 rings (SSSR count). The van der Waals surface area contributed by atoms with E-state index in [4.69, 9.17) is 0 Å². The molecule has 1 aliphatic rings. The number of Topliss-reactive ketones (excluding diaryl/α,β-unsaturated/α-hetero) is 1. The van der Waals surface area contributed by atoms with Crippen LogP contribution in [0.4, 0.5) is 0 Å². The summed E-state index contributed by atoms with van der Waals surface area (Å²) in [5, 5.41) is 0. The monoisotopic (exact) mass is 227 g/mol. The van der Waals surface area contributed by atoms with E-state index in [1.165, 1.54) is 5.56 Å². The van der Waals surface area contributed by atoms with Crippen LogP contribution >= 0.6 is 0 Å². The number of nitrogens with zero attached hydrogens (tertiary/aromatic N) is 3. The zero-order valence-corrected chi connectivity index (χ0v) is 9.63. The van der Waals surface area contributed by atoms with Crippen LogP contribution < -0.4 is 0 Å². The first kappa shape index (κ1) is 10.2. The highest BCUT2D eigenvalue weighted by Crippen LogP contribution is 2.33. The van der Waals surface area contributed by atoms with Gasteiger partial charge in [-0.3, -0.25) is 9.78 Å². The molecule has 0 aromatic carbocycles. The molecule has 4 nitrogen and oxygen atoms in total. The molecule has 0 saturated heterocycles. The minimum absolute atomic E-state index is 0.0862. The molecular weight excluding hydrogens is 214 g/mol. The Balaban J connectivity index is 1.95. The first-order valence-electron chi connectivity index (χ1n) is 5.71. The van der Waals surface area contributed by atoms with Crippen molar-refractivity contribution in [3.05, 3.63) is 47.8 Å². The molecule has 2 heterocycles. The van der Waals surface area contributed by atoms with Crippen LogP contribution in [0.3, 0.4) is 0 Å². The zero-order valence-electron chi connectivity index (χ0n) is 9.63. The molecule has 2 aromatic rings. The number of carbonyl (C=O) groups excluding carboxylic acids is 1. The second-order valence-electron chi connectivity index (χ2n) is 4.43. The smallest absolute Gasteiger partial charge is 0.191 e. The first-order chi connectivity index (χ1) is 8.25. The fourth-order valence-corrected chi connectivity index (χ4v) is 2.39. The third-order valence-electron chi connectivity index (χ3n) is 3.23. The summed E-state index contributed by atoms with van der Waals surface area (Å²) in [4.78, 5) is 20.8. The number of hydrogen-bond acceptors (Lipinski definition) is 3. The van der Waals surface area contributed by atoms with Crippen molar-refractivity contribution in [3.63, 3.8) is 0 Å². The van der Waals surface area contributed by atoms with Gasteiger partial charge in [-0.1, -0.05) is 6.07 Å². The van der Waals surface area contributed by atoms with Crippen molar-refractivity contribution in [1.29, 1.82) is 0 Å². The van der Waals surface area contributed by atoms with Crippen molar-refractivity contribution in [2.75, 3.05) is 0 Å². The van der Waals surface area contributed by atoms with Crippen molar-refractivity contribution >= 4 is 5.78 Å². The number of hydrogen-bond donors (Lipinski definition) is 0. The van der Waals surface area contributed by atoms with Crippen molar-refractivity contribution in [3.8, 4) is 0 Å². The predicted molar refractivity (Wildman–Crippen MR) is 62.8 cm³/mol. The van der Waals surface area contributed by atoms with E-state index < -0.39 is 0 Å². The van der Waals surface area contributed by atoms with E-state index in [9.17, 15) is 4.79 Å². The third-order valence-corrected chi connectivity index (χ3v) is 3.23. The number of pyridine rings is 1. The number of aromatic nitrogens is 3. The van der Waals surface area contributed by atoms with E-state index in [1.54, 1.807) is 23.3 Å². The lowest BCUT2D eigenvalue weighted by molar-refractivity contribution is 0.0953. The summed E-state index contributed by atoms with van der Waals surface area (Å²) in [6, 6.07) is 3.97. The molecule has 0 bridgehead atoms.